The smallest absolute Gasteiger partial charge is 0.268 e. The number of rotatable bonds is 2. The molecule has 0 bridgehead atoms. The Hall–Kier alpha value is -1.19. The molecule has 0 fully saturated rings. The van der Waals surface area contributed by atoms with Gasteiger partial charge < -0.3 is 0 Å². The molecular weight excluding hydrogens is 493 g/mol. The fraction of sp³-hybridized carbons (Fsp3) is 0.0625. The highest BCUT2D eigenvalue weighted by Crippen LogP contribution is 2.40. The standard InChI is InChI=1S/C16H11BrINO3S/c1-10-2-5-12(6-3-10)23(21,22)19-14-7-4-11(17)8-13(14)16(20)15(19)9-18/h2-9H,1H3/b15-9+. The van der Waals surface area contributed by atoms with Crippen LogP contribution in [0.3, 0.4) is 0 Å². The van der Waals surface area contributed by atoms with Crippen LogP contribution in [0.1, 0.15) is 15.9 Å². The molecule has 1 aliphatic heterocycles. The first-order chi connectivity index (χ1) is 10.9. The van der Waals surface area contributed by atoms with Crippen molar-refractivity contribution >= 4 is 60.0 Å². The van der Waals surface area contributed by atoms with E-state index in [0.717, 1.165) is 14.3 Å². The molecule has 0 saturated heterocycles. The van der Waals surface area contributed by atoms with Gasteiger partial charge in [0.1, 0.15) is 5.70 Å². The van der Waals surface area contributed by atoms with Crippen LogP contribution in [0.5, 0.6) is 0 Å². The summed E-state index contributed by atoms with van der Waals surface area (Å²) < 4.78 is 29.4. The number of sulfonamides is 1. The first-order valence-corrected chi connectivity index (χ1v) is 10.1. The van der Waals surface area contributed by atoms with Crippen LogP contribution in [0.25, 0.3) is 0 Å². The predicted molar refractivity (Wildman–Crippen MR) is 101 cm³/mol. The molecule has 118 valence electrons. The predicted octanol–water partition coefficient (Wildman–Crippen LogP) is 4.43. The summed E-state index contributed by atoms with van der Waals surface area (Å²) >= 11 is 5.21. The minimum atomic E-state index is -3.85. The summed E-state index contributed by atoms with van der Waals surface area (Å²) in [6, 6.07) is 11.6. The second-order valence-electron chi connectivity index (χ2n) is 5.07. The van der Waals surface area contributed by atoms with Gasteiger partial charge in [0.2, 0.25) is 5.78 Å². The highest BCUT2D eigenvalue weighted by molar-refractivity contribution is 14.1. The molecule has 2 aromatic rings. The van der Waals surface area contributed by atoms with Gasteiger partial charge in [0.15, 0.2) is 0 Å². The zero-order valence-corrected chi connectivity index (χ0v) is 16.5. The monoisotopic (exact) mass is 503 g/mol. The second kappa shape index (κ2) is 6.03. The van der Waals surface area contributed by atoms with E-state index < -0.39 is 10.0 Å². The van der Waals surface area contributed by atoms with E-state index in [9.17, 15) is 13.2 Å². The lowest BCUT2D eigenvalue weighted by Crippen LogP contribution is -2.28. The maximum absolute atomic E-state index is 13.0. The van der Waals surface area contributed by atoms with Crippen LogP contribution in [0, 0.1) is 6.92 Å². The Morgan fingerprint density at radius 1 is 1.13 bits per heavy atom. The zero-order valence-electron chi connectivity index (χ0n) is 12.0. The number of hydrogen-bond donors (Lipinski definition) is 0. The van der Waals surface area contributed by atoms with Crippen molar-refractivity contribution in [3.05, 3.63) is 67.8 Å². The van der Waals surface area contributed by atoms with Gasteiger partial charge in [-0.25, -0.2) is 12.7 Å². The van der Waals surface area contributed by atoms with E-state index in [4.69, 9.17) is 0 Å². The summed E-state index contributed by atoms with van der Waals surface area (Å²) in [5.74, 6) is -0.300. The molecule has 0 spiro atoms. The number of benzene rings is 2. The summed E-state index contributed by atoms with van der Waals surface area (Å²) in [5, 5.41) is 0. The molecular formula is C16H11BrINO3S. The Kier molecular flexibility index (Phi) is 4.37. The van der Waals surface area contributed by atoms with Gasteiger partial charge >= 0.3 is 0 Å². The van der Waals surface area contributed by atoms with Gasteiger partial charge in [-0.15, -0.1) is 0 Å². The number of Topliss-reactive ketones (excluding diaryl/α,β-unsaturated/α-hetero) is 1. The molecule has 0 aromatic heterocycles. The largest absolute Gasteiger partial charge is 0.287 e. The fourth-order valence-corrected chi connectivity index (χ4v) is 5.01. The molecule has 4 nitrogen and oxygen atoms in total. The van der Waals surface area contributed by atoms with Crippen molar-refractivity contribution in [2.75, 3.05) is 4.31 Å². The summed E-state index contributed by atoms with van der Waals surface area (Å²) in [5.41, 5.74) is 1.86. The molecule has 0 aliphatic carbocycles. The van der Waals surface area contributed by atoms with Crippen molar-refractivity contribution in [1.82, 2.24) is 0 Å². The number of ketones is 1. The van der Waals surface area contributed by atoms with Gasteiger partial charge in [-0.05, 0) is 37.3 Å². The van der Waals surface area contributed by atoms with Crippen molar-refractivity contribution in [1.29, 1.82) is 0 Å². The topological polar surface area (TPSA) is 54.5 Å². The maximum atomic E-state index is 13.0. The van der Waals surface area contributed by atoms with Gasteiger partial charge in [0.25, 0.3) is 10.0 Å². The molecule has 0 atom stereocenters. The van der Waals surface area contributed by atoms with E-state index in [1.807, 2.05) is 29.5 Å². The van der Waals surface area contributed by atoms with E-state index in [-0.39, 0.29) is 16.4 Å². The lowest BCUT2D eigenvalue weighted by molar-refractivity contribution is 0.104. The number of fused-ring (bicyclic) bond motifs is 1. The van der Waals surface area contributed by atoms with Crippen molar-refractivity contribution in [3.63, 3.8) is 0 Å². The zero-order chi connectivity index (χ0) is 16.8. The van der Waals surface area contributed by atoms with Crippen LogP contribution >= 0.6 is 38.5 Å². The molecule has 1 aliphatic rings. The van der Waals surface area contributed by atoms with E-state index in [1.54, 1.807) is 42.5 Å². The Bertz CT molecular complexity index is 936. The highest BCUT2D eigenvalue weighted by atomic mass is 127. The number of aryl methyl sites for hydroxylation is 1. The van der Waals surface area contributed by atoms with Crippen molar-refractivity contribution in [3.8, 4) is 0 Å². The van der Waals surface area contributed by atoms with E-state index in [1.165, 1.54) is 4.08 Å². The van der Waals surface area contributed by atoms with Crippen LogP contribution < -0.4 is 4.31 Å². The van der Waals surface area contributed by atoms with Gasteiger partial charge in [0, 0.05) is 8.56 Å². The average molecular weight is 504 g/mol. The van der Waals surface area contributed by atoms with Crippen LogP contribution in [-0.4, -0.2) is 14.2 Å². The summed E-state index contributed by atoms with van der Waals surface area (Å²) in [6.45, 7) is 1.89. The third kappa shape index (κ3) is 2.74. The van der Waals surface area contributed by atoms with Crippen molar-refractivity contribution in [2.45, 2.75) is 11.8 Å². The minimum absolute atomic E-state index is 0.138. The number of halogens is 2. The molecule has 23 heavy (non-hydrogen) atoms. The van der Waals surface area contributed by atoms with Crippen LogP contribution in [0.15, 0.2) is 61.6 Å². The molecule has 0 N–H and O–H groups in total. The van der Waals surface area contributed by atoms with Crippen molar-refractivity contribution < 1.29 is 13.2 Å². The molecule has 0 saturated carbocycles. The number of carbonyl (C=O) groups is 1. The average Bonchev–Trinajstić information content (AvgIpc) is 2.80. The van der Waals surface area contributed by atoms with Gasteiger partial charge in [-0.3, -0.25) is 4.79 Å². The lowest BCUT2D eigenvalue weighted by atomic mass is 10.1. The van der Waals surface area contributed by atoms with E-state index in [2.05, 4.69) is 15.9 Å². The molecule has 0 amide bonds. The second-order valence-corrected chi connectivity index (χ2v) is 8.39. The van der Waals surface area contributed by atoms with Crippen LogP contribution in [0.2, 0.25) is 0 Å². The Morgan fingerprint density at radius 2 is 1.78 bits per heavy atom. The number of allylic oxidation sites excluding steroid dienone is 1. The fourth-order valence-electron chi connectivity index (χ4n) is 2.40. The Labute approximate surface area is 156 Å². The Balaban J connectivity index is 2.22. The van der Waals surface area contributed by atoms with Gasteiger partial charge in [0.05, 0.1) is 16.1 Å². The molecule has 3 rings (SSSR count). The summed E-state index contributed by atoms with van der Waals surface area (Å²) in [4.78, 5) is 12.7. The molecule has 7 heteroatoms. The van der Waals surface area contributed by atoms with Crippen LogP contribution in [0.4, 0.5) is 5.69 Å². The number of carbonyl (C=O) groups excluding carboxylic acids is 1. The van der Waals surface area contributed by atoms with Crippen LogP contribution in [-0.2, 0) is 10.0 Å². The van der Waals surface area contributed by atoms with E-state index in [0.29, 0.717) is 11.3 Å². The summed E-state index contributed by atoms with van der Waals surface area (Å²) in [7, 11) is -3.85. The SMILES string of the molecule is Cc1ccc(S(=O)(=O)N2/C(=C/I)C(=O)c3cc(Br)ccc32)cc1. The first-order valence-electron chi connectivity index (χ1n) is 6.63. The summed E-state index contributed by atoms with van der Waals surface area (Å²) in [6.07, 6.45) is 0. The first kappa shape index (κ1) is 16.7. The van der Waals surface area contributed by atoms with Gasteiger partial charge in [-0.2, -0.15) is 0 Å². The third-order valence-electron chi connectivity index (χ3n) is 3.54. The lowest BCUT2D eigenvalue weighted by Gasteiger charge is -2.20. The maximum Gasteiger partial charge on any atom is 0.268 e. The molecule has 2 aromatic carbocycles. The van der Waals surface area contributed by atoms with E-state index >= 15 is 0 Å². The molecule has 1 heterocycles. The number of nitrogens with zero attached hydrogens (tertiary/aromatic N) is 1. The van der Waals surface area contributed by atoms with Crippen molar-refractivity contribution in [2.24, 2.45) is 0 Å². The molecule has 0 radical (unpaired) electrons. The normalized spacial score (nSPS) is 16.0. The Morgan fingerprint density at radius 3 is 2.39 bits per heavy atom. The van der Waals surface area contributed by atoms with Gasteiger partial charge in [-0.1, -0.05) is 56.2 Å². The quantitative estimate of drug-likeness (QED) is 0.450. The molecule has 0 unspecified atom stereocenters. The number of anilines is 1. The third-order valence-corrected chi connectivity index (χ3v) is 6.36. The minimum Gasteiger partial charge on any atom is -0.287 e. The number of hydrogen-bond acceptors (Lipinski definition) is 3. The highest BCUT2D eigenvalue weighted by Gasteiger charge is 2.40.